The molecule has 0 aliphatic rings. The lowest BCUT2D eigenvalue weighted by molar-refractivity contribution is -0.384. The van der Waals surface area contributed by atoms with Gasteiger partial charge in [0.05, 0.1) is 23.0 Å². The third-order valence-electron chi connectivity index (χ3n) is 3.93. The molecule has 0 unspecified atom stereocenters. The van der Waals surface area contributed by atoms with E-state index in [1.807, 2.05) is 0 Å². The van der Waals surface area contributed by atoms with Gasteiger partial charge in [-0.05, 0) is 18.2 Å². The van der Waals surface area contributed by atoms with Crippen LogP contribution in [0.25, 0.3) is 0 Å². The number of aromatic nitrogens is 2. The van der Waals surface area contributed by atoms with Crippen molar-refractivity contribution in [1.29, 1.82) is 0 Å². The second-order valence-corrected chi connectivity index (χ2v) is 8.18. The van der Waals surface area contributed by atoms with Crippen LogP contribution in [0.4, 0.5) is 11.4 Å². The minimum atomic E-state index is -3.58. The van der Waals surface area contributed by atoms with Crippen molar-refractivity contribution in [3.8, 4) is 0 Å². The Balaban J connectivity index is 1.99. The SMILES string of the molecule is COCCn1nc(C(=O)NCCNc2ccc(S(C)(=O)=O)cc2[N+](=O)[O-])ccc1=O. The highest BCUT2D eigenvalue weighted by Crippen LogP contribution is 2.27. The first-order chi connectivity index (χ1) is 14.1. The summed E-state index contributed by atoms with van der Waals surface area (Å²) >= 11 is 0. The van der Waals surface area contributed by atoms with Gasteiger partial charge in [0.15, 0.2) is 9.84 Å². The molecule has 162 valence electrons. The van der Waals surface area contributed by atoms with E-state index in [4.69, 9.17) is 4.74 Å². The summed E-state index contributed by atoms with van der Waals surface area (Å²) in [7, 11) is -2.10. The third kappa shape index (κ3) is 6.09. The van der Waals surface area contributed by atoms with Crippen LogP contribution in [0.2, 0.25) is 0 Å². The number of nitro benzene ring substituents is 1. The number of amides is 1. The Kier molecular flexibility index (Phi) is 7.60. The van der Waals surface area contributed by atoms with E-state index >= 15 is 0 Å². The van der Waals surface area contributed by atoms with E-state index in [-0.39, 0.29) is 48.1 Å². The van der Waals surface area contributed by atoms with Crippen LogP contribution in [0.15, 0.2) is 40.0 Å². The number of sulfone groups is 1. The second-order valence-electron chi connectivity index (χ2n) is 6.16. The molecule has 13 heteroatoms. The van der Waals surface area contributed by atoms with Crippen molar-refractivity contribution in [3.05, 3.63) is 56.5 Å². The first kappa shape index (κ1) is 23.0. The van der Waals surface area contributed by atoms with E-state index in [0.717, 1.165) is 17.0 Å². The lowest BCUT2D eigenvalue weighted by Crippen LogP contribution is -2.32. The highest BCUT2D eigenvalue weighted by molar-refractivity contribution is 7.90. The Hall–Kier alpha value is -3.32. The monoisotopic (exact) mass is 439 g/mol. The number of ether oxygens (including phenoxy) is 1. The van der Waals surface area contributed by atoms with E-state index in [9.17, 15) is 28.1 Å². The first-order valence-corrected chi connectivity index (χ1v) is 10.6. The van der Waals surface area contributed by atoms with Gasteiger partial charge in [0.2, 0.25) is 0 Å². The van der Waals surface area contributed by atoms with Crippen molar-refractivity contribution in [3.63, 3.8) is 0 Å². The molecular weight excluding hydrogens is 418 g/mol. The van der Waals surface area contributed by atoms with Crippen molar-refractivity contribution >= 4 is 27.1 Å². The number of anilines is 1. The summed E-state index contributed by atoms with van der Waals surface area (Å²) in [6.07, 6.45) is 0.959. The number of carbonyl (C=O) groups excluding carboxylic acids is 1. The number of nitrogens with zero attached hydrogens (tertiary/aromatic N) is 3. The summed E-state index contributed by atoms with van der Waals surface area (Å²) in [6, 6.07) is 6.05. The van der Waals surface area contributed by atoms with Gasteiger partial charge in [-0.25, -0.2) is 13.1 Å². The van der Waals surface area contributed by atoms with Gasteiger partial charge in [0.1, 0.15) is 11.4 Å². The van der Waals surface area contributed by atoms with Gasteiger partial charge in [0, 0.05) is 38.6 Å². The van der Waals surface area contributed by atoms with Crippen LogP contribution < -0.4 is 16.2 Å². The molecule has 0 bridgehead atoms. The van der Waals surface area contributed by atoms with E-state index in [1.165, 1.54) is 31.4 Å². The Morgan fingerprint density at radius 3 is 2.63 bits per heavy atom. The van der Waals surface area contributed by atoms with Crippen LogP contribution in [0.1, 0.15) is 10.5 Å². The summed E-state index contributed by atoms with van der Waals surface area (Å²) in [6.45, 7) is 0.695. The van der Waals surface area contributed by atoms with Gasteiger partial charge in [0.25, 0.3) is 17.2 Å². The molecule has 2 aromatic rings. The molecule has 1 heterocycles. The summed E-state index contributed by atoms with van der Waals surface area (Å²) in [4.78, 5) is 34.3. The molecule has 1 aromatic heterocycles. The van der Waals surface area contributed by atoms with E-state index in [0.29, 0.717) is 0 Å². The fourth-order valence-electron chi connectivity index (χ4n) is 2.41. The van der Waals surface area contributed by atoms with Crippen LogP contribution in [0.5, 0.6) is 0 Å². The molecule has 0 aliphatic carbocycles. The molecule has 30 heavy (non-hydrogen) atoms. The molecule has 12 nitrogen and oxygen atoms in total. The molecule has 0 saturated heterocycles. The fourth-order valence-corrected chi connectivity index (χ4v) is 3.06. The molecule has 2 rings (SSSR count). The molecule has 0 saturated carbocycles. The molecule has 0 spiro atoms. The number of nitro groups is 1. The van der Waals surface area contributed by atoms with Gasteiger partial charge in [-0.15, -0.1) is 0 Å². The molecule has 1 aromatic carbocycles. The zero-order valence-electron chi connectivity index (χ0n) is 16.3. The average molecular weight is 439 g/mol. The molecule has 1 amide bonds. The van der Waals surface area contributed by atoms with Crippen molar-refractivity contribution < 1.29 is 22.9 Å². The van der Waals surface area contributed by atoms with Gasteiger partial charge in [-0.2, -0.15) is 5.10 Å². The quantitative estimate of drug-likeness (QED) is 0.296. The molecule has 0 radical (unpaired) electrons. The highest BCUT2D eigenvalue weighted by Gasteiger charge is 2.18. The number of rotatable bonds is 10. The maximum Gasteiger partial charge on any atom is 0.293 e. The predicted octanol–water partition coefficient (Wildman–Crippen LogP) is 0.0433. The van der Waals surface area contributed by atoms with Crippen LogP contribution in [0.3, 0.4) is 0 Å². The molecule has 0 fully saturated rings. The largest absolute Gasteiger partial charge is 0.383 e. The number of hydrogen-bond donors (Lipinski definition) is 2. The molecular formula is C17H21N5O7S. The van der Waals surface area contributed by atoms with E-state index < -0.39 is 26.4 Å². The number of nitrogens with one attached hydrogen (secondary N) is 2. The van der Waals surface area contributed by atoms with Crippen LogP contribution in [-0.4, -0.2) is 62.1 Å². The van der Waals surface area contributed by atoms with E-state index in [1.54, 1.807) is 0 Å². The predicted molar refractivity (Wildman–Crippen MR) is 107 cm³/mol. The molecule has 0 atom stereocenters. The topological polar surface area (TPSA) is 163 Å². The third-order valence-corrected chi connectivity index (χ3v) is 5.04. The summed E-state index contributed by atoms with van der Waals surface area (Å²) in [5.41, 5.74) is -0.603. The van der Waals surface area contributed by atoms with Crippen molar-refractivity contribution in [2.24, 2.45) is 0 Å². The zero-order chi connectivity index (χ0) is 22.3. The summed E-state index contributed by atoms with van der Waals surface area (Å²) < 4.78 is 29.1. The lowest BCUT2D eigenvalue weighted by Gasteiger charge is -2.10. The lowest BCUT2D eigenvalue weighted by atomic mass is 10.2. The fraction of sp³-hybridized carbons (Fsp3) is 0.353. The zero-order valence-corrected chi connectivity index (χ0v) is 17.1. The van der Waals surface area contributed by atoms with Crippen molar-refractivity contribution in [1.82, 2.24) is 15.1 Å². The van der Waals surface area contributed by atoms with Gasteiger partial charge in [-0.3, -0.25) is 19.7 Å². The number of hydrogen-bond acceptors (Lipinski definition) is 9. The minimum absolute atomic E-state index is 0.0363. The Morgan fingerprint density at radius 2 is 2.00 bits per heavy atom. The van der Waals surface area contributed by atoms with Crippen molar-refractivity contribution in [2.45, 2.75) is 11.4 Å². The number of methoxy groups -OCH3 is 1. The van der Waals surface area contributed by atoms with Gasteiger partial charge in [-0.1, -0.05) is 0 Å². The maximum absolute atomic E-state index is 12.2. The Morgan fingerprint density at radius 1 is 1.27 bits per heavy atom. The summed E-state index contributed by atoms with van der Waals surface area (Å²) in [5.74, 6) is -0.523. The van der Waals surface area contributed by atoms with E-state index in [2.05, 4.69) is 15.7 Å². The van der Waals surface area contributed by atoms with Gasteiger partial charge < -0.3 is 15.4 Å². The second kappa shape index (κ2) is 9.93. The van der Waals surface area contributed by atoms with Crippen LogP contribution in [0, 0.1) is 10.1 Å². The Bertz CT molecular complexity index is 1100. The number of carbonyl (C=O) groups is 1. The minimum Gasteiger partial charge on any atom is -0.383 e. The first-order valence-electron chi connectivity index (χ1n) is 8.71. The summed E-state index contributed by atoms with van der Waals surface area (Å²) in [5, 5.41) is 20.5. The standard InChI is InChI=1S/C17H21N5O7S/c1-29-10-9-21-16(23)6-5-14(20-21)17(24)19-8-7-18-13-4-3-12(30(2,27)28)11-15(13)22(25)26/h3-6,11,18H,7-10H2,1-2H3,(H,19,24). The average Bonchev–Trinajstić information content (AvgIpc) is 2.69. The Labute approximate surface area is 171 Å². The van der Waals surface area contributed by atoms with Crippen LogP contribution >= 0.6 is 0 Å². The highest BCUT2D eigenvalue weighted by atomic mass is 32.2. The number of benzene rings is 1. The van der Waals surface area contributed by atoms with Crippen LogP contribution in [-0.2, 0) is 21.1 Å². The van der Waals surface area contributed by atoms with Crippen molar-refractivity contribution in [2.75, 3.05) is 38.4 Å². The molecule has 2 N–H and O–H groups in total. The van der Waals surface area contributed by atoms with Gasteiger partial charge >= 0.3 is 0 Å². The molecule has 0 aliphatic heterocycles. The normalized spacial score (nSPS) is 11.1. The smallest absolute Gasteiger partial charge is 0.293 e. The maximum atomic E-state index is 12.2.